The minimum atomic E-state index is 0. The van der Waals surface area contributed by atoms with E-state index in [1.54, 1.807) is 18.0 Å². The summed E-state index contributed by atoms with van der Waals surface area (Å²) < 4.78 is 8.23. The van der Waals surface area contributed by atoms with Crippen LogP contribution < -0.4 is 4.74 Å². The molecule has 0 radical (unpaired) electrons. The van der Waals surface area contributed by atoms with Gasteiger partial charge in [-0.1, -0.05) is 60.8 Å². The molecule has 36 heavy (non-hydrogen) atoms. The first kappa shape index (κ1) is 25.9. The Morgan fingerprint density at radius 3 is 2.25 bits per heavy atom. The molecule has 0 unspecified atom stereocenters. The van der Waals surface area contributed by atoms with Crippen molar-refractivity contribution in [2.45, 2.75) is 36.6 Å². The average molecular weight is 671 g/mol. The number of nitrogens with zero attached hydrogens (tertiary/aromatic N) is 3. The number of aromatic nitrogens is 3. The molecule has 0 spiro atoms. The molecule has 0 amide bonds. The fourth-order valence-electron chi connectivity index (χ4n) is 3.97. The van der Waals surface area contributed by atoms with E-state index in [0.29, 0.717) is 11.5 Å². The molecular formula is C30H25N3OPtS. The van der Waals surface area contributed by atoms with Crippen LogP contribution in [0.4, 0.5) is 0 Å². The minimum Gasteiger partial charge on any atom is -0.503 e. The quantitative estimate of drug-likeness (QED) is 0.160. The summed E-state index contributed by atoms with van der Waals surface area (Å²) in [6.45, 7) is 4.37. The summed E-state index contributed by atoms with van der Waals surface area (Å²) in [7, 11) is 0. The molecule has 0 aliphatic rings. The third kappa shape index (κ3) is 5.97. The van der Waals surface area contributed by atoms with Gasteiger partial charge in [0, 0.05) is 23.4 Å². The summed E-state index contributed by atoms with van der Waals surface area (Å²) >= 11 is 1.55. The van der Waals surface area contributed by atoms with Gasteiger partial charge in [-0.15, -0.1) is 35.9 Å². The maximum absolute atomic E-state index is 6.10. The topological polar surface area (TPSA) is 39.9 Å². The second-order valence-electron chi connectivity index (χ2n) is 7.98. The summed E-state index contributed by atoms with van der Waals surface area (Å²) in [6, 6.07) is 30.8. The second-order valence-corrected chi connectivity index (χ2v) is 9.04. The van der Waals surface area contributed by atoms with Gasteiger partial charge >= 0.3 is 21.1 Å². The van der Waals surface area contributed by atoms with Crippen LogP contribution in [0.5, 0.6) is 11.5 Å². The minimum absolute atomic E-state index is 0. The SMILES string of the molecule is CCc1cccc(CC)c1-n1cnc(-c2[c-]c(Oc3[c-]c(Sc4ccccn4)ccc3)ccc2)c1.[Pt+2]. The monoisotopic (exact) mass is 670 g/mol. The van der Waals surface area contributed by atoms with Gasteiger partial charge in [-0.05, 0) is 42.3 Å². The fraction of sp³-hybridized carbons (Fsp3) is 0.133. The molecule has 6 heteroatoms. The van der Waals surface area contributed by atoms with Gasteiger partial charge in [0.2, 0.25) is 0 Å². The molecule has 2 heterocycles. The summed E-state index contributed by atoms with van der Waals surface area (Å²) in [4.78, 5) is 9.99. The van der Waals surface area contributed by atoms with Crippen LogP contribution in [-0.2, 0) is 33.9 Å². The Balaban J connectivity index is 0.00000304. The van der Waals surface area contributed by atoms with Gasteiger partial charge in [0.25, 0.3) is 0 Å². The van der Waals surface area contributed by atoms with Crippen LogP contribution >= 0.6 is 11.8 Å². The van der Waals surface area contributed by atoms with Crippen molar-refractivity contribution >= 4 is 11.8 Å². The van der Waals surface area contributed by atoms with Crippen molar-refractivity contribution in [3.63, 3.8) is 0 Å². The maximum atomic E-state index is 6.10. The van der Waals surface area contributed by atoms with E-state index in [9.17, 15) is 0 Å². The maximum Gasteiger partial charge on any atom is 2.00 e. The normalized spacial score (nSPS) is 10.6. The molecule has 0 aliphatic carbocycles. The standard InChI is InChI=1S/C30H25N3OS.Pt/c1-3-22-10-7-11-23(4-2)30(22)33-20-28(32-21-33)24-12-8-13-25(18-24)34-26-14-9-15-27(19-26)35-29-16-5-6-17-31-29;/h5-17,20-21H,3-4H2,1-2H3;/q-2;+2. The van der Waals surface area contributed by atoms with Gasteiger partial charge in [-0.3, -0.25) is 4.98 Å². The van der Waals surface area contributed by atoms with E-state index in [0.717, 1.165) is 34.0 Å². The predicted octanol–water partition coefficient (Wildman–Crippen LogP) is 7.60. The summed E-state index contributed by atoms with van der Waals surface area (Å²) in [6.07, 6.45) is 7.69. The number of rotatable bonds is 8. The Labute approximate surface area is 231 Å². The largest absolute Gasteiger partial charge is 2.00 e. The number of hydrogen-bond donors (Lipinski definition) is 0. The molecule has 4 nitrogen and oxygen atoms in total. The van der Waals surface area contributed by atoms with Gasteiger partial charge in [-0.25, -0.2) is 4.98 Å². The van der Waals surface area contributed by atoms with Crippen molar-refractivity contribution in [1.29, 1.82) is 0 Å². The number of hydrogen-bond acceptors (Lipinski definition) is 4. The summed E-state index contributed by atoms with van der Waals surface area (Å²) in [5.74, 6) is 1.26. The van der Waals surface area contributed by atoms with Gasteiger partial charge in [0.15, 0.2) is 0 Å². The molecule has 0 bridgehead atoms. The first-order chi connectivity index (χ1) is 17.2. The van der Waals surface area contributed by atoms with Crippen LogP contribution in [0.2, 0.25) is 0 Å². The van der Waals surface area contributed by atoms with Crippen molar-refractivity contribution in [2.75, 3.05) is 0 Å². The Morgan fingerprint density at radius 2 is 1.53 bits per heavy atom. The molecule has 0 fully saturated rings. The third-order valence-electron chi connectivity index (χ3n) is 5.66. The van der Waals surface area contributed by atoms with Crippen LogP contribution in [0.15, 0.2) is 101 Å². The average Bonchev–Trinajstić information content (AvgIpc) is 3.39. The van der Waals surface area contributed by atoms with Gasteiger partial charge < -0.3 is 9.30 Å². The number of imidazole rings is 1. The number of pyridine rings is 1. The molecule has 2 aromatic heterocycles. The smallest absolute Gasteiger partial charge is 0.503 e. The first-order valence-electron chi connectivity index (χ1n) is 11.7. The van der Waals surface area contributed by atoms with E-state index in [1.165, 1.54) is 16.8 Å². The van der Waals surface area contributed by atoms with E-state index < -0.39 is 0 Å². The molecule has 5 rings (SSSR count). The molecule has 3 aromatic carbocycles. The molecule has 182 valence electrons. The zero-order valence-electron chi connectivity index (χ0n) is 20.0. The van der Waals surface area contributed by atoms with Crippen molar-refractivity contribution in [3.8, 4) is 28.4 Å². The molecule has 5 aromatic rings. The van der Waals surface area contributed by atoms with Crippen LogP contribution in [0.25, 0.3) is 16.9 Å². The molecule has 0 aliphatic heterocycles. The molecular weight excluding hydrogens is 645 g/mol. The Morgan fingerprint density at radius 1 is 0.806 bits per heavy atom. The number of benzene rings is 3. The molecule has 0 saturated heterocycles. The Hall–Kier alpha value is -3.14. The van der Waals surface area contributed by atoms with Gasteiger partial charge in [0.05, 0.1) is 17.0 Å². The zero-order valence-corrected chi connectivity index (χ0v) is 23.1. The van der Waals surface area contributed by atoms with E-state index >= 15 is 0 Å². The van der Waals surface area contributed by atoms with Crippen molar-refractivity contribution in [2.24, 2.45) is 0 Å². The van der Waals surface area contributed by atoms with Crippen molar-refractivity contribution < 1.29 is 25.8 Å². The van der Waals surface area contributed by atoms with E-state index in [4.69, 9.17) is 4.74 Å². The molecule has 0 atom stereocenters. The van der Waals surface area contributed by atoms with Crippen molar-refractivity contribution in [3.05, 3.63) is 115 Å². The van der Waals surface area contributed by atoms with Crippen LogP contribution in [-0.4, -0.2) is 14.5 Å². The Kier molecular flexibility index (Phi) is 8.79. The third-order valence-corrected chi connectivity index (χ3v) is 6.57. The predicted molar refractivity (Wildman–Crippen MR) is 140 cm³/mol. The first-order valence-corrected chi connectivity index (χ1v) is 12.5. The zero-order chi connectivity index (χ0) is 24.0. The van der Waals surface area contributed by atoms with Crippen LogP contribution in [0.1, 0.15) is 25.0 Å². The van der Waals surface area contributed by atoms with Crippen molar-refractivity contribution in [1.82, 2.24) is 14.5 Å². The van der Waals surface area contributed by atoms with E-state index in [1.807, 2.05) is 60.9 Å². The second kappa shape index (κ2) is 12.2. The summed E-state index contributed by atoms with van der Waals surface area (Å²) in [5.41, 5.74) is 5.58. The summed E-state index contributed by atoms with van der Waals surface area (Å²) in [5, 5.41) is 0.918. The van der Waals surface area contributed by atoms with Gasteiger partial charge in [-0.2, -0.15) is 12.1 Å². The molecule has 0 N–H and O–H groups in total. The number of aryl methyl sites for hydroxylation is 2. The van der Waals surface area contributed by atoms with E-state index in [-0.39, 0.29) is 21.1 Å². The Bertz CT molecular complexity index is 1410. The van der Waals surface area contributed by atoms with Gasteiger partial charge in [0.1, 0.15) is 0 Å². The molecule has 0 saturated carbocycles. The fourth-order valence-corrected chi connectivity index (χ4v) is 4.76. The number of para-hydroxylation sites is 1. The van der Waals surface area contributed by atoms with Crippen LogP contribution in [0, 0.1) is 12.1 Å². The van der Waals surface area contributed by atoms with Crippen LogP contribution in [0.3, 0.4) is 0 Å². The van der Waals surface area contributed by atoms with E-state index in [2.05, 4.69) is 64.9 Å². The number of ether oxygens (including phenoxy) is 1.